The zero-order valence-corrected chi connectivity index (χ0v) is 11.5. The molecule has 104 valence electrons. The van der Waals surface area contributed by atoms with Gasteiger partial charge < -0.3 is 10.2 Å². The van der Waals surface area contributed by atoms with Gasteiger partial charge in [-0.15, -0.1) is 0 Å². The lowest BCUT2D eigenvalue weighted by molar-refractivity contribution is 0.458. The normalized spacial score (nSPS) is 13.1. The van der Waals surface area contributed by atoms with Gasteiger partial charge in [0.05, 0.1) is 0 Å². The first kappa shape index (κ1) is 12.9. The second-order valence-electron chi connectivity index (χ2n) is 4.89. The van der Waals surface area contributed by atoms with E-state index >= 15 is 0 Å². The van der Waals surface area contributed by atoms with Gasteiger partial charge in [-0.2, -0.15) is 4.98 Å². The molecule has 1 aliphatic carbocycles. The van der Waals surface area contributed by atoms with Crippen LogP contribution in [0.15, 0.2) is 24.3 Å². The maximum absolute atomic E-state index is 5.84. The second-order valence-corrected chi connectivity index (χ2v) is 4.89. The highest BCUT2D eigenvalue weighted by atomic mass is 16.5. The van der Waals surface area contributed by atoms with E-state index in [9.17, 15) is 0 Å². The predicted molar refractivity (Wildman–Crippen MR) is 77.8 cm³/mol. The Morgan fingerprint density at radius 3 is 2.85 bits per heavy atom. The van der Waals surface area contributed by atoms with E-state index in [-0.39, 0.29) is 0 Å². The lowest BCUT2D eigenvalue weighted by atomic mass is 10.1. The summed E-state index contributed by atoms with van der Waals surface area (Å²) in [6, 6.07) is 7.94. The number of hydrogen-bond donors (Lipinski definition) is 2. The minimum Gasteiger partial charge on any atom is -0.439 e. The highest BCUT2D eigenvalue weighted by Gasteiger charge is 2.12. The standard InChI is InChI=1S/C15H18N4O/c1-2-13-17-14(19-16)9-15(18-13)20-12-7-6-10-4-3-5-11(10)8-12/h6-9H,2-5,16H2,1H3,(H,17,18,19). The minimum atomic E-state index is 0.516. The highest BCUT2D eigenvalue weighted by Crippen LogP contribution is 2.28. The van der Waals surface area contributed by atoms with Crippen LogP contribution in [0.1, 0.15) is 30.3 Å². The Kier molecular flexibility index (Phi) is 3.52. The molecule has 5 nitrogen and oxygen atoms in total. The van der Waals surface area contributed by atoms with Crippen LogP contribution >= 0.6 is 0 Å². The average Bonchev–Trinajstić information content (AvgIpc) is 2.94. The maximum atomic E-state index is 5.84. The van der Waals surface area contributed by atoms with Gasteiger partial charge in [0.15, 0.2) is 0 Å². The van der Waals surface area contributed by atoms with Crippen LogP contribution < -0.4 is 16.0 Å². The third-order valence-corrected chi connectivity index (χ3v) is 3.51. The molecule has 20 heavy (non-hydrogen) atoms. The van der Waals surface area contributed by atoms with E-state index in [1.54, 1.807) is 6.07 Å². The number of fused-ring (bicyclic) bond motifs is 1. The molecular formula is C15H18N4O. The van der Waals surface area contributed by atoms with Crippen LogP contribution in [0.5, 0.6) is 11.6 Å². The lowest BCUT2D eigenvalue weighted by Crippen LogP contribution is -2.10. The Labute approximate surface area is 118 Å². The Hall–Kier alpha value is -2.14. The molecule has 1 aromatic heterocycles. The third-order valence-electron chi connectivity index (χ3n) is 3.51. The Morgan fingerprint density at radius 1 is 1.20 bits per heavy atom. The van der Waals surface area contributed by atoms with Gasteiger partial charge in [-0.05, 0) is 42.5 Å². The van der Waals surface area contributed by atoms with E-state index in [2.05, 4.69) is 27.5 Å². The highest BCUT2D eigenvalue weighted by molar-refractivity contribution is 5.42. The second kappa shape index (κ2) is 5.46. The smallest absolute Gasteiger partial charge is 0.224 e. The van der Waals surface area contributed by atoms with E-state index in [0.717, 1.165) is 18.6 Å². The van der Waals surface area contributed by atoms with Crippen molar-refractivity contribution in [2.75, 3.05) is 5.43 Å². The van der Waals surface area contributed by atoms with Crippen molar-refractivity contribution in [3.8, 4) is 11.6 Å². The summed E-state index contributed by atoms with van der Waals surface area (Å²) < 4.78 is 5.84. The van der Waals surface area contributed by atoms with Gasteiger partial charge in [0.25, 0.3) is 0 Å². The molecule has 5 heteroatoms. The van der Waals surface area contributed by atoms with E-state index in [4.69, 9.17) is 10.6 Å². The van der Waals surface area contributed by atoms with Crippen molar-refractivity contribution in [2.45, 2.75) is 32.6 Å². The lowest BCUT2D eigenvalue weighted by Gasteiger charge is -2.09. The van der Waals surface area contributed by atoms with Gasteiger partial charge in [-0.1, -0.05) is 13.0 Å². The van der Waals surface area contributed by atoms with Gasteiger partial charge in [0.2, 0.25) is 5.88 Å². The van der Waals surface area contributed by atoms with Crippen LogP contribution in [0.25, 0.3) is 0 Å². The number of aryl methyl sites for hydroxylation is 3. The molecule has 0 bridgehead atoms. The summed E-state index contributed by atoms with van der Waals surface area (Å²) in [7, 11) is 0. The zero-order valence-electron chi connectivity index (χ0n) is 11.5. The van der Waals surface area contributed by atoms with Crippen molar-refractivity contribution in [2.24, 2.45) is 5.84 Å². The van der Waals surface area contributed by atoms with Crippen molar-refractivity contribution >= 4 is 5.82 Å². The Morgan fingerprint density at radius 2 is 2.05 bits per heavy atom. The number of ether oxygens (including phenoxy) is 1. The number of hydrazine groups is 1. The molecule has 0 aliphatic heterocycles. The molecule has 0 atom stereocenters. The number of nitrogen functional groups attached to an aromatic ring is 1. The number of nitrogens with zero attached hydrogens (tertiary/aromatic N) is 2. The number of nitrogens with two attached hydrogens (primary N) is 1. The third kappa shape index (κ3) is 2.58. The first-order valence-corrected chi connectivity index (χ1v) is 6.92. The SMILES string of the molecule is CCc1nc(NN)cc(Oc2ccc3c(c2)CCC3)n1. The molecular weight excluding hydrogens is 252 g/mol. The van der Waals surface area contributed by atoms with Crippen molar-refractivity contribution in [3.05, 3.63) is 41.2 Å². The van der Waals surface area contributed by atoms with Gasteiger partial charge in [-0.3, -0.25) is 0 Å². The Bertz CT molecular complexity index is 605. The molecule has 3 rings (SSSR count). The van der Waals surface area contributed by atoms with E-state index in [1.165, 1.54) is 24.0 Å². The summed E-state index contributed by atoms with van der Waals surface area (Å²) in [5.74, 6) is 8.01. The van der Waals surface area contributed by atoms with Gasteiger partial charge in [0, 0.05) is 12.5 Å². The van der Waals surface area contributed by atoms with Crippen molar-refractivity contribution in [3.63, 3.8) is 0 Å². The molecule has 0 fully saturated rings. The largest absolute Gasteiger partial charge is 0.439 e. The van der Waals surface area contributed by atoms with Crippen LogP contribution in [0.2, 0.25) is 0 Å². The number of benzene rings is 1. The van der Waals surface area contributed by atoms with Crippen LogP contribution in [-0.2, 0) is 19.3 Å². The fraction of sp³-hybridized carbons (Fsp3) is 0.333. The quantitative estimate of drug-likeness (QED) is 0.660. The van der Waals surface area contributed by atoms with E-state index in [1.807, 2.05) is 13.0 Å². The average molecular weight is 270 g/mol. The van der Waals surface area contributed by atoms with Crippen LogP contribution in [-0.4, -0.2) is 9.97 Å². The molecule has 1 aliphatic rings. The molecule has 3 N–H and O–H groups in total. The number of rotatable bonds is 4. The minimum absolute atomic E-state index is 0.516. The van der Waals surface area contributed by atoms with Gasteiger partial charge in [-0.25, -0.2) is 10.8 Å². The molecule has 0 unspecified atom stereocenters. The first-order valence-electron chi connectivity index (χ1n) is 6.92. The Balaban J connectivity index is 1.87. The first-order chi connectivity index (χ1) is 9.78. The van der Waals surface area contributed by atoms with E-state index in [0.29, 0.717) is 17.5 Å². The van der Waals surface area contributed by atoms with Crippen LogP contribution in [0.4, 0.5) is 5.82 Å². The topological polar surface area (TPSA) is 73.1 Å². The fourth-order valence-corrected chi connectivity index (χ4v) is 2.49. The fourth-order valence-electron chi connectivity index (χ4n) is 2.49. The number of aromatic nitrogens is 2. The molecule has 0 saturated heterocycles. The molecule has 2 aromatic rings. The van der Waals surface area contributed by atoms with Crippen LogP contribution in [0, 0.1) is 0 Å². The summed E-state index contributed by atoms with van der Waals surface area (Å²) in [6.07, 6.45) is 4.26. The number of nitrogens with one attached hydrogen (secondary N) is 1. The van der Waals surface area contributed by atoms with Gasteiger partial charge >= 0.3 is 0 Å². The molecule has 0 saturated carbocycles. The molecule has 1 aromatic carbocycles. The van der Waals surface area contributed by atoms with Crippen molar-refractivity contribution < 1.29 is 4.74 Å². The number of anilines is 1. The summed E-state index contributed by atoms with van der Waals surface area (Å²) in [4.78, 5) is 8.60. The molecule has 0 amide bonds. The maximum Gasteiger partial charge on any atom is 0.224 e. The predicted octanol–water partition coefficient (Wildman–Crippen LogP) is 2.61. The van der Waals surface area contributed by atoms with Crippen molar-refractivity contribution in [1.82, 2.24) is 9.97 Å². The zero-order chi connectivity index (χ0) is 13.9. The molecule has 0 spiro atoms. The summed E-state index contributed by atoms with van der Waals surface area (Å²) in [6.45, 7) is 1.99. The van der Waals surface area contributed by atoms with E-state index < -0.39 is 0 Å². The molecule has 1 heterocycles. The van der Waals surface area contributed by atoms with Crippen LogP contribution in [0.3, 0.4) is 0 Å². The number of hydrogen-bond acceptors (Lipinski definition) is 5. The monoisotopic (exact) mass is 270 g/mol. The van der Waals surface area contributed by atoms with Gasteiger partial charge in [0.1, 0.15) is 17.4 Å². The summed E-state index contributed by atoms with van der Waals surface area (Å²) >= 11 is 0. The molecule has 0 radical (unpaired) electrons. The summed E-state index contributed by atoms with van der Waals surface area (Å²) in [5, 5.41) is 0. The van der Waals surface area contributed by atoms with Crippen molar-refractivity contribution in [1.29, 1.82) is 0 Å². The summed E-state index contributed by atoms with van der Waals surface area (Å²) in [5.41, 5.74) is 5.35.